The number of hydrogen-bond acceptors (Lipinski definition) is 10. The largest absolute Gasteiger partial charge is 0.744 e. The summed E-state index contributed by atoms with van der Waals surface area (Å²) in [6, 6.07) is 3.23. The minimum Gasteiger partial charge on any atom is -0.744 e. The maximum atomic E-state index is 14.9. The Morgan fingerprint density at radius 1 is 0.745 bits per heavy atom. The molecular formula is C38H42F4NO10S2-. The van der Waals surface area contributed by atoms with Gasteiger partial charge >= 0.3 is 11.9 Å². The van der Waals surface area contributed by atoms with Crippen molar-refractivity contribution in [2.45, 2.75) is 149 Å². The molecule has 1 N–H and O–H groups in total. The third-order valence-electron chi connectivity index (χ3n) is 12.8. The molecule has 3 aliphatic carbocycles. The molecule has 8 rings (SSSR count). The molecule has 3 heterocycles. The summed E-state index contributed by atoms with van der Waals surface area (Å²) in [7, 11) is -10.5. The van der Waals surface area contributed by atoms with Gasteiger partial charge in [0.2, 0.25) is 27.4 Å². The molecule has 6 aliphatic rings. The van der Waals surface area contributed by atoms with Crippen molar-refractivity contribution in [3.8, 4) is 5.75 Å². The molecule has 0 amide bonds. The number of rotatable bonds is 8. The smallest absolute Gasteiger partial charge is 0.339 e. The maximum absolute atomic E-state index is 14.9. The van der Waals surface area contributed by atoms with Gasteiger partial charge in [-0.15, -0.1) is 0 Å². The summed E-state index contributed by atoms with van der Waals surface area (Å²) in [5, 5.41) is -1.68. The van der Waals surface area contributed by atoms with E-state index in [-0.39, 0.29) is 11.8 Å². The van der Waals surface area contributed by atoms with Crippen molar-refractivity contribution in [3.63, 3.8) is 0 Å². The summed E-state index contributed by atoms with van der Waals surface area (Å²) in [6.07, 6.45) is 11.2. The van der Waals surface area contributed by atoms with Gasteiger partial charge in [-0.1, -0.05) is 69.9 Å². The maximum Gasteiger partial charge on any atom is 0.339 e. The molecule has 3 aliphatic heterocycles. The van der Waals surface area contributed by atoms with E-state index in [4.69, 9.17) is 14.2 Å². The van der Waals surface area contributed by atoms with Crippen molar-refractivity contribution in [1.29, 1.82) is 0 Å². The Labute approximate surface area is 316 Å². The first-order valence-electron chi connectivity index (χ1n) is 19.3. The van der Waals surface area contributed by atoms with Gasteiger partial charge in [-0.25, -0.2) is 35.1 Å². The number of benzene rings is 2. The average molecular weight is 813 g/mol. The number of carbonyl (C=O) groups excluding carboxylic acids is 2. The topological polar surface area (TPSA) is 165 Å². The highest BCUT2D eigenvalue weighted by atomic mass is 32.2. The molecule has 0 spiro atoms. The van der Waals surface area contributed by atoms with Crippen LogP contribution >= 0.6 is 0 Å². The highest BCUT2D eigenvalue weighted by Gasteiger charge is 2.72. The molecule has 300 valence electrons. The number of fused-ring (bicyclic) bond motifs is 1. The molecule has 2 bridgehead atoms. The van der Waals surface area contributed by atoms with Gasteiger partial charge < -0.3 is 18.8 Å². The zero-order chi connectivity index (χ0) is 39.0. The van der Waals surface area contributed by atoms with Crippen LogP contribution in [0.25, 0.3) is 0 Å². The lowest BCUT2D eigenvalue weighted by Crippen LogP contribution is -2.51. The lowest BCUT2D eigenvalue weighted by Gasteiger charge is -2.33. The van der Waals surface area contributed by atoms with Crippen LogP contribution in [0.1, 0.15) is 141 Å². The highest BCUT2D eigenvalue weighted by Crippen LogP contribution is 2.50. The second-order valence-electron chi connectivity index (χ2n) is 16.0. The number of hydrogen-bond donors (Lipinski definition) is 1. The van der Waals surface area contributed by atoms with E-state index in [0.29, 0.717) is 11.5 Å². The fourth-order valence-electron chi connectivity index (χ4n) is 10.2. The molecule has 2 aromatic rings. The third kappa shape index (κ3) is 6.78. The van der Waals surface area contributed by atoms with Crippen molar-refractivity contribution < 1.29 is 62.7 Å². The third-order valence-corrected chi connectivity index (χ3v) is 15.5. The van der Waals surface area contributed by atoms with Gasteiger partial charge in [-0.2, -0.15) is 8.78 Å². The van der Waals surface area contributed by atoms with Crippen molar-refractivity contribution in [3.05, 3.63) is 57.7 Å². The second-order valence-corrected chi connectivity index (χ2v) is 19.2. The van der Waals surface area contributed by atoms with Gasteiger partial charge in [-0.05, 0) is 73.0 Å². The summed E-state index contributed by atoms with van der Waals surface area (Å²) in [5.41, 5.74) is 3.50. The van der Waals surface area contributed by atoms with Gasteiger partial charge in [0.25, 0.3) is 0 Å². The van der Waals surface area contributed by atoms with Gasteiger partial charge in [0.1, 0.15) is 38.4 Å². The van der Waals surface area contributed by atoms with E-state index in [2.05, 4.69) is 16.9 Å². The first kappa shape index (κ1) is 38.7. The summed E-state index contributed by atoms with van der Waals surface area (Å²) in [4.78, 5) is 25.9. The normalized spacial score (nSPS) is 29.8. The Morgan fingerprint density at radius 3 is 1.73 bits per heavy atom. The summed E-state index contributed by atoms with van der Waals surface area (Å²) >= 11 is 0. The molecule has 3 saturated carbocycles. The van der Waals surface area contributed by atoms with Gasteiger partial charge in [-0.3, -0.25) is 4.79 Å². The van der Waals surface area contributed by atoms with Crippen molar-refractivity contribution in [1.82, 2.24) is 4.72 Å². The molecule has 6 unspecified atom stereocenters. The Morgan fingerprint density at radius 2 is 1.24 bits per heavy atom. The zero-order valence-electron chi connectivity index (χ0n) is 29.9. The van der Waals surface area contributed by atoms with E-state index in [0.717, 1.165) is 101 Å². The van der Waals surface area contributed by atoms with Crippen LogP contribution in [0, 0.1) is 29.2 Å². The zero-order valence-corrected chi connectivity index (χ0v) is 31.5. The number of nitrogens with one attached hydrogen (secondary N) is 1. The first-order chi connectivity index (χ1) is 26.2. The minimum absolute atomic E-state index is 0.101. The van der Waals surface area contributed by atoms with E-state index in [1.807, 2.05) is 0 Å². The predicted molar refractivity (Wildman–Crippen MR) is 185 cm³/mol. The molecule has 6 atom stereocenters. The van der Waals surface area contributed by atoms with E-state index in [1.165, 1.54) is 12.0 Å². The SMILES string of the molecule is O=C(OC1C2NS(=O)(=O)C3C2OC1C3C(=O)Oc1c(F)c(F)c(S(=O)(=O)[O-])c(F)c1F)c1c(C2CCCCC2)cc(C2CCCCC2)cc1C1CCCCC1. The number of sulfonamides is 1. The van der Waals surface area contributed by atoms with Crippen molar-refractivity contribution >= 4 is 32.1 Å². The molecule has 17 heteroatoms. The molecule has 11 nitrogen and oxygen atoms in total. The first-order valence-corrected chi connectivity index (χ1v) is 22.2. The molecule has 0 aromatic heterocycles. The molecule has 6 fully saturated rings. The van der Waals surface area contributed by atoms with Crippen LogP contribution in [0.4, 0.5) is 17.6 Å². The highest BCUT2D eigenvalue weighted by molar-refractivity contribution is 7.90. The summed E-state index contributed by atoms with van der Waals surface area (Å²) in [6.45, 7) is 0. The minimum atomic E-state index is -6.05. The van der Waals surface area contributed by atoms with Crippen LogP contribution in [0.5, 0.6) is 5.75 Å². The molecule has 55 heavy (non-hydrogen) atoms. The van der Waals surface area contributed by atoms with Crippen LogP contribution in [-0.4, -0.2) is 62.9 Å². The summed E-state index contributed by atoms with van der Waals surface area (Å²) in [5.74, 6) is -16.0. The monoisotopic (exact) mass is 812 g/mol. The number of ether oxygens (including phenoxy) is 3. The fraction of sp³-hybridized carbons (Fsp3) is 0.632. The quantitative estimate of drug-likeness (QED) is 0.102. The lowest BCUT2D eigenvalue weighted by atomic mass is 9.73. The Balaban J connectivity index is 1.15. The van der Waals surface area contributed by atoms with Crippen molar-refractivity contribution in [2.24, 2.45) is 5.92 Å². The van der Waals surface area contributed by atoms with E-state index in [1.54, 1.807) is 0 Å². The summed E-state index contributed by atoms with van der Waals surface area (Å²) < 4.78 is 139. The van der Waals surface area contributed by atoms with Crippen molar-refractivity contribution in [2.75, 3.05) is 0 Å². The second kappa shape index (κ2) is 14.7. The van der Waals surface area contributed by atoms with Gasteiger partial charge in [0.05, 0.1) is 17.7 Å². The lowest BCUT2D eigenvalue weighted by molar-refractivity contribution is -0.142. The fourth-order valence-corrected chi connectivity index (χ4v) is 12.9. The van der Waals surface area contributed by atoms with Crippen LogP contribution in [0.2, 0.25) is 0 Å². The van der Waals surface area contributed by atoms with E-state index >= 15 is 0 Å². The van der Waals surface area contributed by atoms with Crippen LogP contribution in [0.15, 0.2) is 17.0 Å². The predicted octanol–water partition coefficient (Wildman–Crippen LogP) is 6.49. The number of esters is 2. The van der Waals surface area contributed by atoms with E-state index < -0.39 is 102 Å². The molecular weight excluding hydrogens is 771 g/mol. The average Bonchev–Trinajstić information content (AvgIpc) is 3.79. The standard InChI is InChI=1S/C38H43F4NO10S2/c39-26-28(41)36(55(48,49)50)29(42)27(40)32(26)52-38(45)25-31-33(30-34(51-31)35(25)54(46,47)43-30)53-37(44)24-22(19-12-6-2-7-13-19)16-21(18-10-4-1-5-11-18)17-23(24)20-14-8-3-9-15-20/h16-20,25,30-31,33-35,43H,1-15H2,(H,48,49,50)/p-1. The molecule has 2 aromatic carbocycles. The van der Waals surface area contributed by atoms with E-state index in [9.17, 15) is 48.5 Å². The number of carbonyl (C=O) groups is 2. The van der Waals surface area contributed by atoms with Gasteiger partial charge in [0, 0.05) is 0 Å². The van der Waals surface area contributed by atoms with Crippen LogP contribution in [0.3, 0.4) is 0 Å². The Bertz CT molecular complexity index is 2050. The van der Waals surface area contributed by atoms with Gasteiger partial charge in [0.15, 0.2) is 11.6 Å². The van der Waals surface area contributed by atoms with Crippen LogP contribution in [-0.2, 0) is 34.4 Å². The Kier molecular flexibility index (Phi) is 10.3. The number of halogens is 4. The van der Waals surface area contributed by atoms with Crippen LogP contribution < -0.4 is 9.46 Å². The molecule has 0 radical (unpaired) electrons. The Hall–Kier alpha value is -3.12. The molecule has 3 saturated heterocycles.